The molecular weight excluding hydrogens is 265 g/mol. The van der Waals surface area contributed by atoms with Crippen LogP contribution in [0.15, 0.2) is 42.5 Å². The maximum Gasteiger partial charge on any atom is 0.151 e. The van der Waals surface area contributed by atoms with Gasteiger partial charge in [0.1, 0.15) is 11.3 Å². The van der Waals surface area contributed by atoms with E-state index in [4.69, 9.17) is 0 Å². The van der Waals surface area contributed by atoms with Crippen LogP contribution in [0.25, 0.3) is 22.4 Å². The maximum absolute atomic E-state index is 14.0. The lowest BCUT2D eigenvalue weighted by Gasteiger charge is -2.08. The number of nitrogens with zero attached hydrogens (tertiary/aromatic N) is 2. The molecule has 4 rings (SSSR count). The molecule has 0 unspecified atom stereocenters. The highest BCUT2D eigenvalue weighted by Gasteiger charge is 2.29. The molecule has 0 spiro atoms. The number of imidazole rings is 1. The van der Waals surface area contributed by atoms with Crippen LogP contribution in [0.2, 0.25) is 0 Å². The van der Waals surface area contributed by atoms with Crippen molar-refractivity contribution in [1.29, 1.82) is 0 Å². The fourth-order valence-electron chi connectivity index (χ4n) is 2.77. The fourth-order valence-corrected chi connectivity index (χ4v) is 2.77. The van der Waals surface area contributed by atoms with E-state index >= 15 is 0 Å². The van der Waals surface area contributed by atoms with E-state index < -0.39 is 0 Å². The van der Waals surface area contributed by atoms with Crippen LogP contribution in [0.1, 0.15) is 18.9 Å². The first-order valence-corrected chi connectivity index (χ1v) is 7.22. The van der Waals surface area contributed by atoms with Gasteiger partial charge >= 0.3 is 0 Å². The average Bonchev–Trinajstić information content (AvgIpc) is 3.28. The Labute approximate surface area is 122 Å². The smallest absolute Gasteiger partial charge is 0.151 e. The van der Waals surface area contributed by atoms with Crippen LogP contribution in [-0.2, 0) is 0 Å². The van der Waals surface area contributed by atoms with Crippen LogP contribution >= 0.6 is 0 Å². The van der Waals surface area contributed by atoms with E-state index in [0.29, 0.717) is 11.6 Å². The molecule has 21 heavy (non-hydrogen) atoms. The number of benzene rings is 2. The Morgan fingerprint density at radius 1 is 1.14 bits per heavy atom. The van der Waals surface area contributed by atoms with Crippen LogP contribution < -0.4 is 5.32 Å². The van der Waals surface area contributed by atoms with E-state index in [2.05, 4.69) is 14.9 Å². The molecule has 0 saturated heterocycles. The van der Waals surface area contributed by atoms with Gasteiger partial charge in [-0.15, -0.1) is 0 Å². The molecule has 0 radical (unpaired) electrons. The summed E-state index contributed by atoms with van der Waals surface area (Å²) in [5.41, 5.74) is 3.44. The Morgan fingerprint density at radius 2 is 1.90 bits per heavy atom. The average molecular weight is 281 g/mol. The summed E-state index contributed by atoms with van der Waals surface area (Å²) in [4.78, 5) is 4.57. The fraction of sp³-hybridized carbons (Fsp3) is 0.235. The quantitative estimate of drug-likeness (QED) is 0.779. The molecule has 4 heteroatoms. The third kappa shape index (κ3) is 1.98. The van der Waals surface area contributed by atoms with Crippen molar-refractivity contribution in [3.63, 3.8) is 0 Å². The van der Waals surface area contributed by atoms with Gasteiger partial charge in [0.2, 0.25) is 0 Å². The minimum absolute atomic E-state index is 0.250. The van der Waals surface area contributed by atoms with Crippen molar-refractivity contribution in [3.05, 3.63) is 48.3 Å². The molecule has 1 aromatic heterocycles. The zero-order valence-corrected chi connectivity index (χ0v) is 11.8. The van der Waals surface area contributed by atoms with Crippen molar-refractivity contribution >= 4 is 16.7 Å². The summed E-state index contributed by atoms with van der Waals surface area (Å²) in [6.07, 6.45) is 2.28. The van der Waals surface area contributed by atoms with Gasteiger partial charge in [-0.05, 0) is 49.2 Å². The highest BCUT2D eigenvalue weighted by Crippen LogP contribution is 2.41. The summed E-state index contributed by atoms with van der Waals surface area (Å²) in [5, 5.41) is 3.10. The standard InChI is InChI=1S/C17H16FN3/c1-19-12-7-5-11(6-8-12)17-20-16-14(18)3-2-4-15(16)21(17)13-9-10-13/h2-8,13,19H,9-10H2,1H3. The van der Waals surface area contributed by atoms with Crippen molar-refractivity contribution in [2.75, 3.05) is 12.4 Å². The van der Waals surface area contributed by atoms with Crippen LogP contribution in [-0.4, -0.2) is 16.6 Å². The minimum Gasteiger partial charge on any atom is -0.388 e. The van der Waals surface area contributed by atoms with E-state index in [1.165, 1.54) is 6.07 Å². The molecule has 0 aliphatic heterocycles. The Hall–Kier alpha value is -2.36. The van der Waals surface area contributed by atoms with E-state index in [-0.39, 0.29) is 5.82 Å². The third-order valence-corrected chi connectivity index (χ3v) is 4.01. The van der Waals surface area contributed by atoms with Crippen molar-refractivity contribution in [2.24, 2.45) is 0 Å². The number of rotatable bonds is 3. The Bertz CT molecular complexity index is 801. The molecule has 0 bridgehead atoms. The summed E-state index contributed by atoms with van der Waals surface area (Å²) in [6.45, 7) is 0. The number of fused-ring (bicyclic) bond motifs is 1. The first-order chi connectivity index (χ1) is 10.3. The molecule has 3 aromatic rings. The van der Waals surface area contributed by atoms with E-state index in [1.54, 1.807) is 6.07 Å². The summed E-state index contributed by atoms with van der Waals surface area (Å²) in [5.74, 6) is 0.611. The predicted molar refractivity (Wildman–Crippen MR) is 82.9 cm³/mol. The maximum atomic E-state index is 14.0. The molecule has 1 N–H and O–H groups in total. The summed E-state index contributed by atoms with van der Waals surface area (Å²) in [6, 6.07) is 13.7. The van der Waals surface area contributed by atoms with E-state index in [0.717, 1.165) is 35.4 Å². The molecule has 1 heterocycles. The van der Waals surface area contributed by atoms with Gasteiger partial charge in [0.25, 0.3) is 0 Å². The van der Waals surface area contributed by atoms with Gasteiger partial charge in [0.05, 0.1) is 5.52 Å². The second-order valence-corrected chi connectivity index (χ2v) is 5.47. The highest BCUT2D eigenvalue weighted by molar-refractivity contribution is 5.81. The zero-order chi connectivity index (χ0) is 14.4. The molecule has 1 fully saturated rings. The van der Waals surface area contributed by atoms with Gasteiger partial charge in [-0.1, -0.05) is 6.07 Å². The van der Waals surface area contributed by atoms with Crippen molar-refractivity contribution in [2.45, 2.75) is 18.9 Å². The first-order valence-electron chi connectivity index (χ1n) is 7.22. The SMILES string of the molecule is CNc1ccc(-c2nc3c(F)cccc3n2C2CC2)cc1. The van der Waals surface area contributed by atoms with Gasteiger partial charge in [-0.2, -0.15) is 0 Å². The monoisotopic (exact) mass is 281 g/mol. The van der Waals surface area contributed by atoms with Crippen LogP contribution in [0.3, 0.4) is 0 Å². The molecular formula is C17H16FN3. The van der Waals surface area contributed by atoms with Crippen LogP contribution in [0.4, 0.5) is 10.1 Å². The van der Waals surface area contributed by atoms with Crippen molar-refractivity contribution in [3.8, 4) is 11.4 Å². The van der Waals surface area contributed by atoms with Crippen molar-refractivity contribution < 1.29 is 4.39 Å². The van der Waals surface area contributed by atoms with Gasteiger partial charge in [-0.25, -0.2) is 9.37 Å². The third-order valence-electron chi connectivity index (χ3n) is 4.01. The molecule has 0 atom stereocenters. The predicted octanol–water partition coefficient (Wildman–Crippen LogP) is 4.22. The molecule has 0 amide bonds. The molecule has 3 nitrogen and oxygen atoms in total. The van der Waals surface area contributed by atoms with Gasteiger partial charge in [-0.3, -0.25) is 0 Å². The molecule has 2 aromatic carbocycles. The summed E-state index contributed by atoms with van der Waals surface area (Å²) < 4.78 is 16.2. The first kappa shape index (κ1) is 12.4. The molecule has 1 aliphatic rings. The number of halogens is 1. The second-order valence-electron chi connectivity index (χ2n) is 5.47. The number of para-hydroxylation sites is 1. The lowest BCUT2D eigenvalue weighted by atomic mass is 10.2. The lowest BCUT2D eigenvalue weighted by molar-refractivity contribution is 0.637. The molecule has 106 valence electrons. The lowest BCUT2D eigenvalue weighted by Crippen LogP contribution is -1.97. The topological polar surface area (TPSA) is 29.9 Å². The minimum atomic E-state index is -0.250. The van der Waals surface area contributed by atoms with Gasteiger partial charge in [0.15, 0.2) is 5.82 Å². The Balaban J connectivity index is 1.94. The van der Waals surface area contributed by atoms with Crippen LogP contribution in [0, 0.1) is 5.82 Å². The molecule has 1 aliphatic carbocycles. The zero-order valence-electron chi connectivity index (χ0n) is 11.8. The largest absolute Gasteiger partial charge is 0.388 e. The Kier molecular flexibility index (Phi) is 2.70. The number of aromatic nitrogens is 2. The number of hydrogen-bond donors (Lipinski definition) is 1. The van der Waals surface area contributed by atoms with Gasteiger partial charge < -0.3 is 9.88 Å². The van der Waals surface area contributed by atoms with Crippen molar-refractivity contribution in [1.82, 2.24) is 9.55 Å². The van der Waals surface area contributed by atoms with E-state index in [1.807, 2.05) is 37.4 Å². The second kappa shape index (κ2) is 4.58. The summed E-state index contributed by atoms with van der Waals surface area (Å²) in [7, 11) is 1.89. The normalized spacial score (nSPS) is 14.6. The Morgan fingerprint density at radius 3 is 2.57 bits per heavy atom. The van der Waals surface area contributed by atoms with Gasteiger partial charge in [0, 0.05) is 24.3 Å². The van der Waals surface area contributed by atoms with E-state index in [9.17, 15) is 4.39 Å². The number of hydrogen-bond acceptors (Lipinski definition) is 2. The van der Waals surface area contributed by atoms with Crippen LogP contribution in [0.5, 0.6) is 0 Å². The molecule has 1 saturated carbocycles. The summed E-state index contributed by atoms with van der Waals surface area (Å²) >= 11 is 0. The number of nitrogens with one attached hydrogen (secondary N) is 1. The number of anilines is 1. The highest BCUT2D eigenvalue weighted by atomic mass is 19.1.